The molecule has 27 heteroatoms. The van der Waals surface area contributed by atoms with Crippen molar-refractivity contribution in [1.82, 2.24) is 0 Å². The summed E-state index contributed by atoms with van der Waals surface area (Å²) in [6.45, 7) is 40.1. The molecule has 27 nitrogen and oxygen atoms in total. The molecule has 0 N–H and O–H groups in total. The van der Waals surface area contributed by atoms with Crippen LogP contribution in [-0.4, -0.2) is 340 Å². The Hall–Kier alpha value is -2.05. The molecule has 0 aromatic carbocycles. The highest BCUT2D eigenvalue weighted by atomic mass is 16.6. The van der Waals surface area contributed by atoms with E-state index in [1.54, 1.807) is 13.0 Å². The first kappa shape index (κ1) is 87.0. The lowest BCUT2D eigenvalue weighted by Gasteiger charge is -2.22. The lowest BCUT2D eigenvalue weighted by Crippen LogP contribution is -2.29. The monoisotopic (exact) mass is 1300 g/mol. The molecule has 0 aromatic rings. The molecule has 0 aromatic heterocycles. The van der Waals surface area contributed by atoms with Crippen molar-refractivity contribution in [1.29, 1.82) is 0 Å². The summed E-state index contributed by atoms with van der Waals surface area (Å²) in [5, 5.41) is 0. The van der Waals surface area contributed by atoms with Crippen LogP contribution in [0.2, 0.25) is 0 Å². The van der Waals surface area contributed by atoms with Gasteiger partial charge in [-0.1, -0.05) is 12.7 Å². The van der Waals surface area contributed by atoms with Crippen LogP contribution in [0.15, 0.2) is 24.8 Å². The first-order valence-corrected chi connectivity index (χ1v) is 31.7. The van der Waals surface area contributed by atoms with Gasteiger partial charge in [-0.3, -0.25) is 0 Å². The number of ether oxygens (including phenoxy) is 26. The van der Waals surface area contributed by atoms with Gasteiger partial charge in [-0.05, 0) is 41.5 Å². The minimum absolute atomic E-state index is 0.00506. The lowest BCUT2D eigenvalue weighted by molar-refractivity contribution is -0.140. The van der Waals surface area contributed by atoms with E-state index in [0.29, 0.717) is 303 Å². The largest absolute Gasteiger partial charge is 0.460 e. The fourth-order valence-corrected chi connectivity index (χ4v) is 6.42. The van der Waals surface area contributed by atoms with Crippen molar-refractivity contribution in [2.45, 2.75) is 72.1 Å². The molecule has 0 amide bonds. The quantitative estimate of drug-likeness (QED) is 0.0364. The van der Waals surface area contributed by atoms with Crippen LogP contribution in [0.4, 0.5) is 0 Å². The zero-order chi connectivity index (χ0) is 64.7. The van der Waals surface area contributed by atoms with Gasteiger partial charge in [0, 0.05) is 5.57 Å². The summed E-state index contributed by atoms with van der Waals surface area (Å²) < 4.78 is 144. The number of rotatable bonds is 78. The van der Waals surface area contributed by atoms with Crippen LogP contribution in [0.25, 0.3) is 0 Å². The van der Waals surface area contributed by atoms with E-state index in [-0.39, 0.29) is 37.1 Å². The van der Waals surface area contributed by atoms with Crippen molar-refractivity contribution < 1.29 is 128 Å². The number of hydrogen-bond acceptors (Lipinski definition) is 27. The van der Waals surface area contributed by atoms with Gasteiger partial charge in [0.05, 0.1) is 328 Å². The molecule has 530 valence electrons. The van der Waals surface area contributed by atoms with Gasteiger partial charge in [0.2, 0.25) is 0 Å². The fourth-order valence-electron chi connectivity index (χ4n) is 6.42. The second kappa shape index (κ2) is 73.4. The topological polar surface area (TPSA) is 257 Å². The molecule has 0 saturated carbocycles. The molecule has 89 heavy (non-hydrogen) atoms. The Kier molecular flexibility index (Phi) is 71.7. The minimum Gasteiger partial charge on any atom is -0.460 e. The van der Waals surface area contributed by atoms with Crippen LogP contribution in [0, 0.1) is 0 Å². The van der Waals surface area contributed by atoms with E-state index in [2.05, 4.69) is 13.2 Å². The van der Waals surface area contributed by atoms with Crippen LogP contribution in [-0.2, 0) is 128 Å². The highest BCUT2D eigenvalue weighted by Gasteiger charge is 2.13. The predicted octanol–water partition coefficient (Wildman–Crippen LogP) is 3.65. The standard InChI is InChI=1S/C62H120O27/c1-9-10-84-58(5)52-87-60(7)54-89-61(8)55-88-59(6)53-86-57(4)51-83-48-47-81-44-43-79-40-39-77-36-35-75-32-31-73-28-27-71-24-23-69-20-19-67-16-15-65-12-11-64-13-14-66-17-18-68-21-22-70-25-26-72-29-30-74-33-34-76-37-38-78-41-42-80-45-46-82-49-50-85-62(63)56(2)3/h9,57-61H,1-2,10-55H2,3-8H3. The smallest absolute Gasteiger partial charge is 0.333 e. The van der Waals surface area contributed by atoms with Gasteiger partial charge in [-0.25, -0.2) is 4.79 Å². The summed E-state index contributed by atoms with van der Waals surface area (Å²) >= 11 is 0. The molecule has 0 radical (unpaired) electrons. The average Bonchev–Trinajstić information content (AvgIpc) is 3.55. The summed E-state index contributed by atoms with van der Waals surface area (Å²) in [6.07, 6.45) is 1.48. The van der Waals surface area contributed by atoms with E-state index in [0.717, 1.165) is 0 Å². The molecule has 0 spiro atoms. The number of carbonyl (C=O) groups is 1. The number of esters is 1. The second-order valence-corrected chi connectivity index (χ2v) is 19.6. The van der Waals surface area contributed by atoms with Crippen LogP contribution >= 0.6 is 0 Å². The third-order valence-corrected chi connectivity index (χ3v) is 11.2. The van der Waals surface area contributed by atoms with Crippen LogP contribution < -0.4 is 0 Å². The molecule has 0 aliphatic carbocycles. The summed E-state index contributed by atoms with van der Waals surface area (Å²) in [7, 11) is 0. The summed E-state index contributed by atoms with van der Waals surface area (Å²) in [5.74, 6) is -0.419. The highest BCUT2D eigenvalue weighted by molar-refractivity contribution is 5.86. The van der Waals surface area contributed by atoms with Gasteiger partial charge in [-0.15, -0.1) is 6.58 Å². The van der Waals surface area contributed by atoms with Gasteiger partial charge in [0.25, 0.3) is 0 Å². The van der Waals surface area contributed by atoms with Crippen molar-refractivity contribution in [2.24, 2.45) is 0 Å². The summed E-state index contributed by atoms with van der Waals surface area (Å²) in [6, 6.07) is 0. The first-order valence-electron chi connectivity index (χ1n) is 31.7. The molecule has 0 saturated heterocycles. The van der Waals surface area contributed by atoms with E-state index >= 15 is 0 Å². The Balaban J connectivity index is 3.20. The molecule has 0 rings (SSSR count). The fraction of sp³-hybridized carbons (Fsp3) is 0.919. The molecule has 5 unspecified atom stereocenters. The van der Waals surface area contributed by atoms with Gasteiger partial charge < -0.3 is 123 Å². The van der Waals surface area contributed by atoms with E-state index in [4.69, 9.17) is 123 Å². The van der Waals surface area contributed by atoms with Crippen LogP contribution in [0.1, 0.15) is 41.5 Å². The van der Waals surface area contributed by atoms with Crippen molar-refractivity contribution in [3.8, 4) is 0 Å². The van der Waals surface area contributed by atoms with Crippen LogP contribution in [0.5, 0.6) is 0 Å². The minimum atomic E-state index is -0.419. The summed E-state index contributed by atoms with van der Waals surface area (Å²) in [5.41, 5.74) is 0.364. The molecule has 0 aliphatic rings. The Morgan fingerprint density at radius 3 is 0.596 bits per heavy atom. The van der Waals surface area contributed by atoms with E-state index in [9.17, 15) is 4.79 Å². The van der Waals surface area contributed by atoms with Gasteiger partial charge in [0.15, 0.2) is 0 Å². The molecular weight excluding hydrogens is 1180 g/mol. The van der Waals surface area contributed by atoms with Gasteiger partial charge in [0.1, 0.15) is 6.61 Å². The molecule has 0 bridgehead atoms. The molecule has 0 aliphatic heterocycles. The predicted molar refractivity (Wildman–Crippen MR) is 329 cm³/mol. The average molecular weight is 1300 g/mol. The van der Waals surface area contributed by atoms with Crippen molar-refractivity contribution >= 4 is 5.97 Å². The van der Waals surface area contributed by atoms with E-state index < -0.39 is 5.97 Å². The van der Waals surface area contributed by atoms with Gasteiger partial charge >= 0.3 is 5.97 Å². The third-order valence-electron chi connectivity index (χ3n) is 11.2. The van der Waals surface area contributed by atoms with Crippen molar-refractivity contribution in [2.75, 3.05) is 304 Å². The number of hydrogen-bond donors (Lipinski definition) is 0. The van der Waals surface area contributed by atoms with Crippen molar-refractivity contribution in [3.05, 3.63) is 24.8 Å². The molecule has 0 fully saturated rings. The molecule has 5 atom stereocenters. The Bertz CT molecular complexity index is 1430. The zero-order valence-corrected chi connectivity index (χ0v) is 55.4. The maximum absolute atomic E-state index is 11.2. The Labute approximate surface area is 533 Å². The molecule has 0 heterocycles. The lowest BCUT2D eigenvalue weighted by atomic mass is 10.3. The van der Waals surface area contributed by atoms with Crippen molar-refractivity contribution in [3.63, 3.8) is 0 Å². The third kappa shape index (κ3) is 73.2. The second-order valence-electron chi connectivity index (χ2n) is 19.6. The Morgan fingerprint density at radius 1 is 0.258 bits per heavy atom. The highest BCUT2D eigenvalue weighted by Crippen LogP contribution is 2.04. The zero-order valence-electron chi connectivity index (χ0n) is 55.4. The van der Waals surface area contributed by atoms with Crippen LogP contribution in [0.3, 0.4) is 0 Å². The van der Waals surface area contributed by atoms with E-state index in [1.807, 2.05) is 34.6 Å². The van der Waals surface area contributed by atoms with E-state index in [1.165, 1.54) is 0 Å². The Morgan fingerprint density at radius 2 is 0.416 bits per heavy atom. The number of carbonyl (C=O) groups excluding carboxylic acids is 1. The first-order chi connectivity index (χ1) is 43.6. The van der Waals surface area contributed by atoms with Gasteiger partial charge in [-0.2, -0.15) is 0 Å². The maximum atomic E-state index is 11.2. The maximum Gasteiger partial charge on any atom is 0.333 e. The SMILES string of the molecule is C=CCOC(C)COC(C)COC(C)COC(C)COC(C)COCCOCCOCCOCCOCCOCCOCCOCCOCCOCCOCCOCCOCCOCCOCCOCCOCCOCCOCCOCCOC(=O)C(=C)C. The normalized spacial score (nSPS) is 13.5. The summed E-state index contributed by atoms with van der Waals surface area (Å²) in [4.78, 5) is 11.2. The molecular formula is C62H120O27.